The normalized spacial score (nSPS) is 12.3. The Morgan fingerprint density at radius 2 is 1.62 bits per heavy atom. The highest BCUT2D eigenvalue weighted by atomic mass is 16.2. The van der Waals surface area contributed by atoms with Crippen molar-refractivity contribution in [3.8, 4) is 0 Å². The first-order chi connectivity index (χ1) is 11.6. The van der Waals surface area contributed by atoms with Gasteiger partial charge in [-0.3, -0.25) is 9.69 Å². The summed E-state index contributed by atoms with van der Waals surface area (Å²) in [5.41, 5.74) is 2.03. The van der Waals surface area contributed by atoms with Crippen molar-refractivity contribution in [3.63, 3.8) is 0 Å². The van der Waals surface area contributed by atoms with Gasteiger partial charge < -0.3 is 5.32 Å². The molecule has 3 rings (SSSR count). The van der Waals surface area contributed by atoms with Crippen LogP contribution >= 0.6 is 0 Å². The summed E-state index contributed by atoms with van der Waals surface area (Å²) < 4.78 is 0. The summed E-state index contributed by atoms with van der Waals surface area (Å²) in [5.74, 6) is 0.00344. The van der Waals surface area contributed by atoms with Crippen LogP contribution < -0.4 is 5.32 Å². The van der Waals surface area contributed by atoms with Gasteiger partial charge in [0.05, 0.1) is 6.04 Å². The van der Waals surface area contributed by atoms with Gasteiger partial charge in [0.1, 0.15) is 0 Å². The number of nitrogens with one attached hydrogen (secondary N) is 1. The summed E-state index contributed by atoms with van der Waals surface area (Å²) in [6, 6.07) is 24.1. The zero-order valence-electron chi connectivity index (χ0n) is 14.1. The van der Waals surface area contributed by atoms with Gasteiger partial charge in [0.25, 0.3) is 0 Å². The summed E-state index contributed by atoms with van der Waals surface area (Å²) in [6.07, 6.45) is 0. The first kappa shape index (κ1) is 16.2. The maximum absolute atomic E-state index is 12.5. The van der Waals surface area contributed by atoms with E-state index in [9.17, 15) is 4.79 Å². The first-order valence-corrected chi connectivity index (χ1v) is 8.17. The van der Waals surface area contributed by atoms with E-state index in [4.69, 9.17) is 0 Å². The number of likely N-dealkylation sites (N-methyl/N-ethyl adjacent to an activating group) is 1. The number of nitrogens with zero attached hydrogens (tertiary/aromatic N) is 1. The zero-order chi connectivity index (χ0) is 16.9. The first-order valence-electron chi connectivity index (χ1n) is 8.17. The SMILES string of the molecule is C[C@H](C(=O)Nc1ccc2ccccc2c1)N(C)Cc1ccccc1. The molecule has 24 heavy (non-hydrogen) atoms. The van der Waals surface area contributed by atoms with Crippen molar-refractivity contribution >= 4 is 22.4 Å². The molecular formula is C21H22N2O. The monoisotopic (exact) mass is 318 g/mol. The molecule has 0 heterocycles. The molecule has 0 aromatic heterocycles. The molecule has 3 nitrogen and oxygen atoms in total. The quantitative estimate of drug-likeness (QED) is 0.761. The summed E-state index contributed by atoms with van der Waals surface area (Å²) in [6.45, 7) is 2.67. The lowest BCUT2D eigenvalue weighted by atomic mass is 10.1. The fourth-order valence-electron chi connectivity index (χ4n) is 2.72. The van der Waals surface area contributed by atoms with Crippen molar-refractivity contribution < 1.29 is 4.79 Å². The predicted molar refractivity (Wildman–Crippen MR) is 99.9 cm³/mol. The molecule has 0 radical (unpaired) electrons. The summed E-state index contributed by atoms with van der Waals surface area (Å²) >= 11 is 0. The third kappa shape index (κ3) is 3.81. The van der Waals surface area contributed by atoms with Crippen LogP contribution in [0.1, 0.15) is 12.5 Å². The number of rotatable bonds is 5. The Morgan fingerprint density at radius 3 is 2.38 bits per heavy atom. The van der Waals surface area contributed by atoms with Crippen LogP contribution in [0.2, 0.25) is 0 Å². The van der Waals surface area contributed by atoms with Crippen LogP contribution in [0.3, 0.4) is 0 Å². The molecule has 3 aromatic rings. The molecule has 0 aliphatic rings. The van der Waals surface area contributed by atoms with Crippen molar-refractivity contribution in [2.45, 2.75) is 19.5 Å². The van der Waals surface area contributed by atoms with E-state index >= 15 is 0 Å². The highest BCUT2D eigenvalue weighted by Gasteiger charge is 2.18. The second kappa shape index (κ2) is 7.28. The molecule has 1 N–H and O–H groups in total. The van der Waals surface area contributed by atoms with E-state index in [0.29, 0.717) is 0 Å². The zero-order valence-corrected chi connectivity index (χ0v) is 14.1. The summed E-state index contributed by atoms with van der Waals surface area (Å²) in [7, 11) is 1.97. The Labute approximate surface area is 142 Å². The molecular weight excluding hydrogens is 296 g/mol. The largest absolute Gasteiger partial charge is 0.325 e. The van der Waals surface area contributed by atoms with Crippen LogP contribution in [0, 0.1) is 0 Å². The Kier molecular flexibility index (Phi) is 4.92. The topological polar surface area (TPSA) is 32.3 Å². The molecule has 1 amide bonds. The lowest BCUT2D eigenvalue weighted by molar-refractivity contribution is -0.120. The maximum atomic E-state index is 12.5. The molecule has 0 aliphatic carbocycles. The second-order valence-corrected chi connectivity index (χ2v) is 6.13. The van der Waals surface area contributed by atoms with E-state index in [1.54, 1.807) is 0 Å². The minimum absolute atomic E-state index is 0.00344. The second-order valence-electron chi connectivity index (χ2n) is 6.13. The number of benzene rings is 3. The van der Waals surface area contributed by atoms with Crippen LogP contribution in [0.4, 0.5) is 5.69 Å². The number of anilines is 1. The van der Waals surface area contributed by atoms with Gasteiger partial charge in [0.15, 0.2) is 0 Å². The Morgan fingerprint density at radius 1 is 0.958 bits per heavy atom. The summed E-state index contributed by atoms with van der Waals surface area (Å²) in [4.78, 5) is 14.6. The van der Waals surface area contributed by atoms with Crippen molar-refractivity contribution in [1.29, 1.82) is 0 Å². The molecule has 3 heteroatoms. The number of amides is 1. The van der Waals surface area contributed by atoms with Gasteiger partial charge in [-0.05, 0) is 42.4 Å². The highest BCUT2D eigenvalue weighted by Crippen LogP contribution is 2.19. The van der Waals surface area contributed by atoms with Crippen molar-refractivity contribution in [2.24, 2.45) is 0 Å². The van der Waals surface area contributed by atoms with Gasteiger partial charge in [0, 0.05) is 12.2 Å². The molecule has 0 bridgehead atoms. The van der Waals surface area contributed by atoms with Crippen LogP contribution in [-0.2, 0) is 11.3 Å². The maximum Gasteiger partial charge on any atom is 0.241 e. The molecule has 0 saturated heterocycles. The minimum Gasteiger partial charge on any atom is -0.325 e. The van der Waals surface area contributed by atoms with Crippen LogP contribution in [-0.4, -0.2) is 23.9 Å². The standard InChI is InChI=1S/C21H22N2O/c1-16(23(2)15-17-8-4-3-5-9-17)21(24)22-20-13-12-18-10-6-7-11-19(18)14-20/h3-14,16H,15H2,1-2H3,(H,22,24)/t16-/m1/s1. The van der Waals surface area contributed by atoms with Gasteiger partial charge >= 0.3 is 0 Å². The molecule has 0 spiro atoms. The number of fused-ring (bicyclic) bond motifs is 1. The smallest absolute Gasteiger partial charge is 0.241 e. The third-order valence-corrected chi connectivity index (χ3v) is 4.33. The lowest BCUT2D eigenvalue weighted by Crippen LogP contribution is -2.39. The van der Waals surface area contributed by atoms with Crippen molar-refractivity contribution in [2.75, 3.05) is 12.4 Å². The third-order valence-electron chi connectivity index (χ3n) is 4.33. The average Bonchev–Trinajstić information content (AvgIpc) is 2.61. The Balaban J connectivity index is 1.66. The predicted octanol–water partition coefficient (Wildman–Crippen LogP) is 4.30. The van der Waals surface area contributed by atoms with Gasteiger partial charge in [-0.2, -0.15) is 0 Å². The molecule has 1 atom stereocenters. The van der Waals surface area contributed by atoms with E-state index in [1.165, 1.54) is 10.9 Å². The van der Waals surface area contributed by atoms with Gasteiger partial charge in [-0.25, -0.2) is 0 Å². The molecule has 0 unspecified atom stereocenters. The number of carbonyl (C=O) groups is 1. The lowest BCUT2D eigenvalue weighted by Gasteiger charge is -2.24. The number of hydrogen-bond donors (Lipinski definition) is 1. The van der Waals surface area contributed by atoms with E-state index in [0.717, 1.165) is 17.6 Å². The molecule has 122 valence electrons. The van der Waals surface area contributed by atoms with Crippen LogP contribution in [0.15, 0.2) is 72.8 Å². The minimum atomic E-state index is -0.211. The Hall–Kier alpha value is -2.65. The van der Waals surface area contributed by atoms with E-state index < -0.39 is 0 Å². The van der Waals surface area contributed by atoms with Crippen LogP contribution in [0.5, 0.6) is 0 Å². The highest BCUT2D eigenvalue weighted by molar-refractivity contribution is 5.97. The van der Waals surface area contributed by atoms with Gasteiger partial charge in [-0.1, -0.05) is 60.7 Å². The molecule has 0 aliphatic heterocycles. The molecule has 0 fully saturated rings. The van der Waals surface area contributed by atoms with Crippen molar-refractivity contribution in [1.82, 2.24) is 4.90 Å². The Bertz CT molecular complexity index is 829. The average molecular weight is 318 g/mol. The number of carbonyl (C=O) groups excluding carboxylic acids is 1. The van der Waals surface area contributed by atoms with Gasteiger partial charge in [-0.15, -0.1) is 0 Å². The molecule has 0 saturated carbocycles. The fourth-order valence-corrected chi connectivity index (χ4v) is 2.72. The number of hydrogen-bond acceptors (Lipinski definition) is 2. The fraction of sp³-hybridized carbons (Fsp3) is 0.190. The van der Waals surface area contributed by atoms with E-state index in [-0.39, 0.29) is 11.9 Å². The van der Waals surface area contributed by atoms with Crippen molar-refractivity contribution in [3.05, 3.63) is 78.4 Å². The van der Waals surface area contributed by atoms with E-state index in [2.05, 4.69) is 29.6 Å². The molecule has 3 aromatic carbocycles. The summed E-state index contributed by atoms with van der Waals surface area (Å²) in [5, 5.41) is 5.32. The van der Waals surface area contributed by atoms with Gasteiger partial charge in [0.2, 0.25) is 5.91 Å². The van der Waals surface area contributed by atoms with Crippen LogP contribution in [0.25, 0.3) is 10.8 Å². The van der Waals surface area contributed by atoms with E-state index in [1.807, 2.05) is 67.4 Å².